The van der Waals surface area contributed by atoms with Gasteiger partial charge in [-0.15, -0.1) is 24.0 Å². The van der Waals surface area contributed by atoms with E-state index in [1.54, 1.807) is 7.11 Å². The van der Waals surface area contributed by atoms with Gasteiger partial charge in [-0.1, -0.05) is 12.1 Å². The fourth-order valence-electron chi connectivity index (χ4n) is 2.44. The number of rotatable bonds is 5. The fraction of sp³-hybridized carbons (Fsp3) is 0.562. The van der Waals surface area contributed by atoms with Gasteiger partial charge in [0.25, 0.3) is 0 Å². The first kappa shape index (κ1) is 19.4. The Hall–Kier alpha value is -0.630. The van der Waals surface area contributed by atoms with Gasteiger partial charge in [0.2, 0.25) is 0 Å². The number of guanidine groups is 1. The van der Waals surface area contributed by atoms with Crippen molar-refractivity contribution in [1.29, 1.82) is 0 Å². The summed E-state index contributed by atoms with van der Waals surface area (Å²) in [5, 5.41) is 6.79. The number of hydrogen-bond donors (Lipinski definition) is 2. The molecule has 1 aliphatic heterocycles. The molecule has 2 rings (SSSR count). The molecule has 1 aliphatic rings. The van der Waals surface area contributed by atoms with Crippen LogP contribution in [0.3, 0.4) is 0 Å². The first-order valence-corrected chi connectivity index (χ1v) is 8.35. The third-order valence-electron chi connectivity index (χ3n) is 3.75. The molecule has 0 aromatic heterocycles. The largest absolute Gasteiger partial charge is 0.497 e. The van der Waals surface area contributed by atoms with E-state index in [1.165, 1.54) is 24.2 Å². The highest BCUT2D eigenvalue weighted by molar-refractivity contribution is 14.0. The molecular weight excluding hydrogens is 409 g/mol. The fourth-order valence-corrected chi connectivity index (χ4v) is 3.68. The van der Waals surface area contributed by atoms with E-state index >= 15 is 0 Å². The monoisotopic (exact) mass is 435 g/mol. The molecule has 6 heteroatoms. The van der Waals surface area contributed by atoms with Crippen molar-refractivity contribution in [3.8, 4) is 5.75 Å². The predicted octanol–water partition coefficient (Wildman–Crippen LogP) is 3.26. The van der Waals surface area contributed by atoms with E-state index < -0.39 is 0 Å². The van der Waals surface area contributed by atoms with Gasteiger partial charge in [0.15, 0.2) is 5.96 Å². The Morgan fingerprint density at radius 1 is 1.41 bits per heavy atom. The van der Waals surface area contributed by atoms with Crippen LogP contribution in [-0.4, -0.2) is 37.2 Å². The minimum atomic E-state index is 0. The van der Waals surface area contributed by atoms with Crippen molar-refractivity contribution in [1.82, 2.24) is 10.6 Å². The van der Waals surface area contributed by atoms with Gasteiger partial charge in [-0.25, -0.2) is 0 Å². The number of benzene rings is 1. The van der Waals surface area contributed by atoms with E-state index in [0.717, 1.165) is 24.8 Å². The minimum absolute atomic E-state index is 0. The molecule has 1 fully saturated rings. The van der Waals surface area contributed by atoms with E-state index in [0.29, 0.717) is 4.75 Å². The molecule has 1 atom stereocenters. The van der Waals surface area contributed by atoms with Crippen molar-refractivity contribution >= 4 is 41.7 Å². The molecule has 0 aliphatic carbocycles. The van der Waals surface area contributed by atoms with Gasteiger partial charge in [-0.2, -0.15) is 11.8 Å². The molecule has 1 aromatic rings. The second-order valence-electron chi connectivity index (χ2n) is 5.53. The zero-order valence-corrected chi connectivity index (χ0v) is 16.7. The molecule has 0 spiro atoms. The molecule has 1 unspecified atom stereocenters. The number of hydrogen-bond acceptors (Lipinski definition) is 3. The van der Waals surface area contributed by atoms with Gasteiger partial charge >= 0.3 is 0 Å². The highest BCUT2D eigenvalue weighted by Gasteiger charge is 2.29. The normalized spacial score (nSPS) is 21.1. The number of aliphatic imine (C=N–C) groups is 1. The number of nitrogens with one attached hydrogen (secondary N) is 2. The Balaban J connectivity index is 0.00000242. The lowest BCUT2D eigenvalue weighted by Gasteiger charge is -2.24. The molecule has 22 heavy (non-hydrogen) atoms. The van der Waals surface area contributed by atoms with E-state index in [4.69, 9.17) is 4.74 Å². The Morgan fingerprint density at radius 2 is 2.23 bits per heavy atom. The summed E-state index contributed by atoms with van der Waals surface area (Å²) in [5.41, 5.74) is 1.18. The van der Waals surface area contributed by atoms with Gasteiger partial charge in [-0.05, 0) is 43.2 Å². The Kier molecular flexibility index (Phi) is 8.38. The number of thioether (sulfide) groups is 1. The van der Waals surface area contributed by atoms with Crippen LogP contribution < -0.4 is 15.4 Å². The Morgan fingerprint density at radius 3 is 2.86 bits per heavy atom. The molecule has 0 radical (unpaired) electrons. The van der Waals surface area contributed by atoms with Crippen LogP contribution in [0.4, 0.5) is 0 Å². The summed E-state index contributed by atoms with van der Waals surface area (Å²) in [5.74, 6) is 3.01. The predicted molar refractivity (Wildman–Crippen MR) is 107 cm³/mol. The Bertz CT molecular complexity index is 490. The van der Waals surface area contributed by atoms with E-state index in [2.05, 4.69) is 40.4 Å². The van der Waals surface area contributed by atoms with Crippen molar-refractivity contribution in [2.45, 2.75) is 31.1 Å². The van der Waals surface area contributed by atoms with Crippen molar-refractivity contribution in [2.75, 3.05) is 26.5 Å². The lowest BCUT2D eigenvalue weighted by molar-refractivity contribution is 0.414. The molecular formula is C16H26IN3OS. The van der Waals surface area contributed by atoms with Crippen LogP contribution in [-0.2, 0) is 6.54 Å². The third-order valence-corrected chi connectivity index (χ3v) is 5.29. The second kappa shape index (κ2) is 9.50. The Labute approximate surface area is 154 Å². The number of methoxy groups -OCH3 is 1. The lowest BCUT2D eigenvalue weighted by Crippen LogP contribution is -2.43. The average molecular weight is 435 g/mol. The molecule has 0 saturated carbocycles. The van der Waals surface area contributed by atoms with Crippen LogP contribution in [0.5, 0.6) is 5.75 Å². The highest BCUT2D eigenvalue weighted by atomic mass is 127. The molecule has 124 valence electrons. The zero-order chi connectivity index (χ0) is 15.1. The average Bonchev–Trinajstić information content (AvgIpc) is 2.95. The van der Waals surface area contributed by atoms with Gasteiger partial charge in [0, 0.05) is 24.9 Å². The smallest absolute Gasteiger partial charge is 0.191 e. The summed E-state index contributed by atoms with van der Waals surface area (Å²) >= 11 is 2.05. The van der Waals surface area contributed by atoms with Gasteiger partial charge in [0.05, 0.1) is 7.11 Å². The van der Waals surface area contributed by atoms with E-state index in [1.807, 2.05) is 25.2 Å². The molecule has 2 N–H and O–H groups in total. The van der Waals surface area contributed by atoms with Crippen LogP contribution in [0.15, 0.2) is 29.3 Å². The number of nitrogens with zero attached hydrogens (tertiary/aromatic N) is 1. The van der Waals surface area contributed by atoms with E-state index in [-0.39, 0.29) is 24.0 Å². The zero-order valence-electron chi connectivity index (χ0n) is 13.5. The van der Waals surface area contributed by atoms with Crippen LogP contribution in [0.2, 0.25) is 0 Å². The first-order valence-electron chi connectivity index (χ1n) is 7.37. The summed E-state index contributed by atoms with van der Waals surface area (Å²) in [6.07, 6.45) is 2.59. The summed E-state index contributed by atoms with van der Waals surface area (Å²) < 4.78 is 5.58. The summed E-state index contributed by atoms with van der Waals surface area (Å²) in [7, 11) is 3.50. The van der Waals surface area contributed by atoms with Crippen LogP contribution in [0.25, 0.3) is 0 Å². The van der Waals surface area contributed by atoms with Crippen LogP contribution in [0, 0.1) is 0 Å². The molecule has 0 bridgehead atoms. The third kappa shape index (κ3) is 5.87. The molecule has 1 aromatic carbocycles. The van der Waals surface area contributed by atoms with Crippen molar-refractivity contribution < 1.29 is 4.74 Å². The molecule has 4 nitrogen and oxygen atoms in total. The maximum atomic E-state index is 5.24. The van der Waals surface area contributed by atoms with Gasteiger partial charge < -0.3 is 15.4 Å². The molecule has 1 heterocycles. The van der Waals surface area contributed by atoms with Gasteiger partial charge in [0.1, 0.15) is 5.75 Å². The second-order valence-corrected chi connectivity index (χ2v) is 7.22. The molecule has 0 amide bonds. The number of halogens is 1. The standard InChI is InChI=1S/C16H25N3OS.HI/c1-16(8-5-9-21-16)12-19-15(17-2)18-11-13-6-4-7-14(10-13)20-3;/h4,6-7,10H,5,8-9,11-12H2,1-3H3,(H2,17,18,19);1H. The van der Waals surface area contributed by atoms with E-state index in [9.17, 15) is 0 Å². The maximum absolute atomic E-state index is 5.24. The number of ether oxygens (including phenoxy) is 1. The highest BCUT2D eigenvalue weighted by Crippen LogP contribution is 2.36. The summed E-state index contributed by atoms with van der Waals surface area (Å²) in [6, 6.07) is 8.07. The van der Waals surface area contributed by atoms with Crippen molar-refractivity contribution in [3.63, 3.8) is 0 Å². The van der Waals surface area contributed by atoms with Crippen molar-refractivity contribution in [2.24, 2.45) is 4.99 Å². The lowest BCUT2D eigenvalue weighted by atomic mass is 10.1. The van der Waals surface area contributed by atoms with Gasteiger partial charge in [-0.3, -0.25) is 4.99 Å². The quantitative estimate of drug-likeness (QED) is 0.424. The summed E-state index contributed by atoms with van der Waals surface area (Å²) in [4.78, 5) is 4.29. The van der Waals surface area contributed by atoms with Crippen LogP contribution in [0.1, 0.15) is 25.3 Å². The summed E-state index contributed by atoms with van der Waals surface area (Å²) in [6.45, 7) is 4.02. The first-order chi connectivity index (χ1) is 10.1. The minimum Gasteiger partial charge on any atom is -0.497 e. The SMILES string of the molecule is CN=C(NCc1cccc(OC)c1)NCC1(C)CCCS1.I. The molecule has 1 saturated heterocycles. The van der Waals surface area contributed by atoms with Crippen molar-refractivity contribution in [3.05, 3.63) is 29.8 Å². The maximum Gasteiger partial charge on any atom is 0.191 e. The van der Waals surface area contributed by atoms with Crippen LogP contribution >= 0.6 is 35.7 Å². The topological polar surface area (TPSA) is 45.7 Å².